The molecule has 1 spiro atoms. The molecule has 1 amide bonds. The number of hydrogen-bond donors (Lipinski definition) is 1. The zero-order chi connectivity index (χ0) is 18.8. The number of aliphatic carboxylic acids is 1. The minimum Gasteiger partial charge on any atom is -0.481 e. The number of likely N-dealkylation sites (tertiary alicyclic amines) is 1. The van der Waals surface area contributed by atoms with Crippen LogP contribution in [0.4, 0.5) is 4.79 Å². The summed E-state index contributed by atoms with van der Waals surface area (Å²) in [4.78, 5) is 26.1. The molecule has 3 rings (SSSR count). The highest BCUT2D eigenvalue weighted by Crippen LogP contribution is 2.50. The van der Waals surface area contributed by atoms with Crippen LogP contribution in [0.3, 0.4) is 0 Å². The lowest BCUT2D eigenvalue weighted by atomic mass is 9.71. The fraction of sp³-hybridized carbons (Fsp3) is 0.619. The van der Waals surface area contributed by atoms with Gasteiger partial charge in [-0.25, -0.2) is 4.79 Å². The number of carboxylic acid groups (broad SMARTS) is 1. The maximum absolute atomic E-state index is 12.5. The van der Waals surface area contributed by atoms with Crippen molar-refractivity contribution in [1.29, 1.82) is 0 Å². The molecule has 1 aliphatic carbocycles. The lowest BCUT2D eigenvalue weighted by Crippen LogP contribution is -2.35. The fourth-order valence-electron chi connectivity index (χ4n) is 4.52. The monoisotopic (exact) mass is 359 g/mol. The van der Waals surface area contributed by atoms with Gasteiger partial charge in [0.05, 0.1) is 5.92 Å². The van der Waals surface area contributed by atoms with Crippen LogP contribution in [0.25, 0.3) is 0 Å². The molecular weight excluding hydrogens is 330 g/mol. The van der Waals surface area contributed by atoms with Gasteiger partial charge < -0.3 is 14.7 Å². The van der Waals surface area contributed by atoms with Crippen molar-refractivity contribution in [2.24, 2.45) is 16.7 Å². The summed E-state index contributed by atoms with van der Waals surface area (Å²) in [6.45, 7) is 5.47. The van der Waals surface area contributed by atoms with Gasteiger partial charge in [0.25, 0.3) is 0 Å². The minimum atomic E-state index is -0.789. The van der Waals surface area contributed by atoms with Crippen LogP contribution in [-0.4, -0.2) is 35.2 Å². The molecular formula is C21H29NO4. The summed E-state index contributed by atoms with van der Waals surface area (Å²) in [6, 6.07) is 9.54. The van der Waals surface area contributed by atoms with E-state index in [1.54, 1.807) is 4.90 Å². The number of carbonyl (C=O) groups is 2. The molecule has 1 aromatic carbocycles. The van der Waals surface area contributed by atoms with Gasteiger partial charge in [0.2, 0.25) is 0 Å². The Balaban J connectivity index is 1.68. The van der Waals surface area contributed by atoms with Gasteiger partial charge in [-0.3, -0.25) is 4.79 Å². The third-order valence-corrected chi connectivity index (χ3v) is 6.24. The van der Waals surface area contributed by atoms with Crippen LogP contribution in [0.5, 0.6) is 0 Å². The molecule has 2 fully saturated rings. The van der Waals surface area contributed by atoms with E-state index in [4.69, 9.17) is 4.74 Å². The SMILES string of the molecule is CC1(C)CCCC2(CC1)CN(C(=O)OCc1ccccc1)CC2C(=O)O. The standard InChI is InChI=1S/C21H29NO4/c1-20(2)9-6-10-21(12-11-20)15-22(13-17(21)18(23)24)19(25)26-14-16-7-4-3-5-8-16/h3-5,7-8,17H,6,9-15H2,1-2H3,(H,23,24). The average molecular weight is 359 g/mol. The third kappa shape index (κ3) is 4.02. The predicted octanol–water partition coefficient (Wildman–Crippen LogP) is 4.32. The van der Waals surface area contributed by atoms with Gasteiger partial charge in [-0.15, -0.1) is 0 Å². The zero-order valence-electron chi connectivity index (χ0n) is 15.7. The normalized spacial score (nSPS) is 27.9. The topological polar surface area (TPSA) is 66.8 Å². The smallest absolute Gasteiger partial charge is 0.410 e. The summed E-state index contributed by atoms with van der Waals surface area (Å²) in [5, 5.41) is 9.78. The maximum Gasteiger partial charge on any atom is 0.410 e. The lowest BCUT2D eigenvalue weighted by Gasteiger charge is -2.32. The second-order valence-electron chi connectivity index (χ2n) is 8.69. The second-order valence-corrected chi connectivity index (χ2v) is 8.69. The number of carboxylic acids is 1. The van der Waals surface area contributed by atoms with E-state index in [1.807, 2.05) is 30.3 Å². The Labute approximate surface area is 155 Å². The first-order valence-corrected chi connectivity index (χ1v) is 9.50. The van der Waals surface area contributed by atoms with Gasteiger partial charge in [0, 0.05) is 18.5 Å². The van der Waals surface area contributed by atoms with Crippen molar-refractivity contribution in [2.45, 2.75) is 52.6 Å². The molecule has 0 aromatic heterocycles. The van der Waals surface area contributed by atoms with E-state index >= 15 is 0 Å². The first kappa shape index (κ1) is 18.7. The Morgan fingerprint density at radius 2 is 1.88 bits per heavy atom. The number of nitrogens with zero attached hydrogens (tertiary/aromatic N) is 1. The first-order valence-electron chi connectivity index (χ1n) is 9.50. The van der Waals surface area contributed by atoms with E-state index in [1.165, 1.54) is 0 Å². The highest BCUT2D eigenvalue weighted by Gasteiger charge is 2.52. The molecule has 2 aliphatic rings. The summed E-state index contributed by atoms with van der Waals surface area (Å²) in [5.74, 6) is -1.29. The van der Waals surface area contributed by atoms with Crippen molar-refractivity contribution in [3.8, 4) is 0 Å². The van der Waals surface area contributed by atoms with Crippen molar-refractivity contribution in [3.05, 3.63) is 35.9 Å². The lowest BCUT2D eigenvalue weighted by molar-refractivity contribution is -0.145. The van der Waals surface area contributed by atoms with Crippen molar-refractivity contribution in [1.82, 2.24) is 4.90 Å². The molecule has 2 unspecified atom stereocenters. The van der Waals surface area contributed by atoms with Gasteiger partial charge >= 0.3 is 12.1 Å². The summed E-state index contributed by atoms with van der Waals surface area (Å²) in [5.41, 5.74) is 0.861. The molecule has 5 nitrogen and oxygen atoms in total. The summed E-state index contributed by atoms with van der Waals surface area (Å²) < 4.78 is 5.44. The Morgan fingerprint density at radius 3 is 2.58 bits per heavy atom. The molecule has 2 atom stereocenters. The van der Waals surface area contributed by atoms with Crippen molar-refractivity contribution >= 4 is 12.1 Å². The van der Waals surface area contributed by atoms with Crippen LogP contribution in [0, 0.1) is 16.7 Å². The number of ether oxygens (including phenoxy) is 1. The zero-order valence-corrected chi connectivity index (χ0v) is 15.7. The van der Waals surface area contributed by atoms with Crippen LogP contribution < -0.4 is 0 Å². The quantitative estimate of drug-likeness (QED) is 0.873. The second kappa shape index (κ2) is 7.29. The van der Waals surface area contributed by atoms with Gasteiger partial charge in [0.1, 0.15) is 6.61 Å². The van der Waals surface area contributed by atoms with Crippen molar-refractivity contribution < 1.29 is 19.4 Å². The molecule has 26 heavy (non-hydrogen) atoms. The van der Waals surface area contributed by atoms with Crippen LogP contribution in [0.2, 0.25) is 0 Å². The number of amides is 1. The van der Waals surface area contributed by atoms with E-state index in [2.05, 4.69) is 13.8 Å². The van der Waals surface area contributed by atoms with Crippen LogP contribution in [0.15, 0.2) is 30.3 Å². The third-order valence-electron chi connectivity index (χ3n) is 6.24. The van der Waals surface area contributed by atoms with E-state index in [0.717, 1.165) is 37.7 Å². The molecule has 0 radical (unpaired) electrons. The molecule has 1 saturated heterocycles. The average Bonchev–Trinajstić information content (AvgIpc) is 2.91. The maximum atomic E-state index is 12.5. The Kier molecular flexibility index (Phi) is 5.26. The van der Waals surface area contributed by atoms with E-state index in [-0.39, 0.29) is 24.0 Å². The van der Waals surface area contributed by atoms with Gasteiger partial charge in [-0.05, 0) is 36.7 Å². The molecule has 1 heterocycles. The van der Waals surface area contributed by atoms with Gasteiger partial charge in [0.15, 0.2) is 0 Å². The van der Waals surface area contributed by atoms with Gasteiger partial charge in [-0.1, -0.05) is 50.6 Å². The molecule has 1 saturated carbocycles. The number of hydrogen-bond acceptors (Lipinski definition) is 3. The van der Waals surface area contributed by atoms with Crippen molar-refractivity contribution in [2.75, 3.05) is 13.1 Å². The molecule has 1 aromatic rings. The summed E-state index contributed by atoms with van der Waals surface area (Å²) in [7, 11) is 0. The Hall–Kier alpha value is -2.04. The van der Waals surface area contributed by atoms with Crippen LogP contribution in [-0.2, 0) is 16.1 Å². The van der Waals surface area contributed by atoms with E-state index in [9.17, 15) is 14.7 Å². The predicted molar refractivity (Wildman–Crippen MR) is 98.6 cm³/mol. The van der Waals surface area contributed by atoms with Crippen LogP contribution >= 0.6 is 0 Å². The number of rotatable bonds is 3. The summed E-state index contributed by atoms with van der Waals surface area (Å²) in [6.07, 6.45) is 4.46. The minimum absolute atomic E-state index is 0.216. The molecule has 142 valence electrons. The van der Waals surface area contributed by atoms with Crippen molar-refractivity contribution in [3.63, 3.8) is 0 Å². The van der Waals surface area contributed by atoms with Crippen LogP contribution in [0.1, 0.15) is 51.5 Å². The Bertz CT molecular complexity index is 657. The van der Waals surface area contributed by atoms with Gasteiger partial charge in [-0.2, -0.15) is 0 Å². The van der Waals surface area contributed by atoms with E-state index < -0.39 is 18.0 Å². The number of benzene rings is 1. The Morgan fingerprint density at radius 1 is 1.15 bits per heavy atom. The molecule has 0 bridgehead atoms. The van der Waals surface area contributed by atoms with E-state index in [0.29, 0.717) is 6.54 Å². The largest absolute Gasteiger partial charge is 0.481 e. The molecule has 5 heteroatoms. The number of carbonyl (C=O) groups excluding carboxylic acids is 1. The molecule has 1 N–H and O–H groups in total. The highest BCUT2D eigenvalue weighted by molar-refractivity contribution is 5.75. The fourth-order valence-corrected chi connectivity index (χ4v) is 4.52. The highest BCUT2D eigenvalue weighted by atomic mass is 16.6. The molecule has 1 aliphatic heterocycles. The summed E-state index contributed by atoms with van der Waals surface area (Å²) >= 11 is 0. The first-order chi connectivity index (χ1) is 12.3.